The van der Waals surface area contributed by atoms with E-state index >= 15 is 0 Å². The van der Waals surface area contributed by atoms with Crippen molar-refractivity contribution in [3.63, 3.8) is 0 Å². The van der Waals surface area contributed by atoms with Gasteiger partial charge in [-0.1, -0.05) is 48.0 Å². The van der Waals surface area contributed by atoms with Crippen molar-refractivity contribution in [2.24, 2.45) is 0 Å². The number of ether oxygens (including phenoxy) is 1. The van der Waals surface area contributed by atoms with Crippen LogP contribution in [0.2, 0.25) is 5.02 Å². The fraction of sp³-hybridized carbons (Fsp3) is 0.105. The third-order valence-corrected chi connectivity index (χ3v) is 4.69. The Hall–Kier alpha value is -3.12. The number of nitrogens with one attached hydrogen (secondary N) is 1. The molecular formula is C19H13ClN2O4. The van der Waals surface area contributed by atoms with Crippen LogP contribution >= 0.6 is 11.6 Å². The Bertz CT molecular complexity index is 1080. The summed E-state index contributed by atoms with van der Waals surface area (Å²) in [7, 11) is 0. The van der Waals surface area contributed by atoms with Crippen LogP contribution in [0.25, 0.3) is 10.9 Å². The Balaban J connectivity index is 1.79. The maximum Gasteiger partial charge on any atom is 0.417 e. The molecule has 1 aliphatic heterocycles. The van der Waals surface area contributed by atoms with E-state index in [-0.39, 0.29) is 17.6 Å². The van der Waals surface area contributed by atoms with Gasteiger partial charge in [0.1, 0.15) is 18.2 Å². The number of benzene rings is 2. The number of amides is 2. The SMILES string of the molecule is O=C1OCC(c2ccccc2)N1C(=O)c1c[nH]c2c(Cl)cccc2c1=O. The van der Waals surface area contributed by atoms with Gasteiger partial charge in [-0.3, -0.25) is 9.59 Å². The van der Waals surface area contributed by atoms with Crippen LogP contribution in [0.4, 0.5) is 4.79 Å². The lowest BCUT2D eigenvalue weighted by Crippen LogP contribution is -2.37. The Morgan fingerprint density at radius 2 is 1.88 bits per heavy atom. The van der Waals surface area contributed by atoms with Gasteiger partial charge in [-0.2, -0.15) is 0 Å². The first-order chi connectivity index (χ1) is 12.6. The number of rotatable bonds is 2. The van der Waals surface area contributed by atoms with Crippen molar-refractivity contribution in [2.45, 2.75) is 6.04 Å². The van der Waals surface area contributed by atoms with E-state index in [9.17, 15) is 14.4 Å². The van der Waals surface area contributed by atoms with Crippen LogP contribution in [0.1, 0.15) is 22.0 Å². The summed E-state index contributed by atoms with van der Waals surface area (Å²) in [6.07, 6.45) is 0.515. The Labute approximate surface area is 153 Å². The summed E-state index contributed by atoms with van der Waals surface area (Å²) >= 11 is 6.07. The molecule has 130 valence electrons. The van der Waals surface area contributed by atoms with Crippen molar-refractivity contribution in [1.82, 2.24) is 9.88 Å². The number of aromatic amines is 1. The lowest BCUT2D eigenvalue weighted by atomic mass is 10.1. The molecule has 4 rings (SSSR count). The minimum atomic E-state index is -0.769. The van der Waals surface area contributed by atoms with E-state index in [0.29, 0.717) is 10.5 Å². The van der Waals surface area contributed by atoms with E-state index in [1.54, 1.807) is 30.3 Å². The minimum absolute atomic E-state index is 0.0475. The number of pyridine rings is 1. The number of H-pyrrole nitrogens is 1. The first-order valence-electron chi connectivity index (χ1n) is 7.93. The molecule has 6 nitrogen and oxygen atoms in total. The number of imide groups is 1. The Morgan fingerprint density at radius 1 is 1.12 bits per heavy atom. The predicted octanol–water partition coefficient (Wildman–Crippen LogP) is 3.52. The van der Waals surface area contributed by atoms with Crippen LogP contribution < -0.4 is 5.43 Å². The van der Waals surface area contributed by atoms with Crippen molar-refractivity contribution in [3.05, 3.63) is 81.1 Å². The molecule has 1 atom stereocenters. The predicted molar refractivity (Wildman–Crippen MR) is 96.3 cm³/mol. The number of aromatic nitrogens is 1. The third kappa shape index (κ3) is 2.55. The van der Waals surface area contributed by atoms with Gasteiger partial charge in [0.05, 0.1) is 10.5 Å². The van der Waals surface area contributed by atoms with Gasteiger partial charge in [-0.25, -0.2) is 9.69 Å². The molecule has 1 unspecified atom stereocenters. The van der Waals surface area contributed by atoms with Gasteiger partial charge < -0.3 is 9.72 Å². The highest BCUT2D eigenvalue weighted by Gasteiger charge is 2.40. The van der Waals surface area contributed by atoms with E-state index in [1.165, 1.54) is 6.20 Å². The number of halogens is 1. The molecular weight excluding hydrogens is 356 g/mol. The second kappa shape index (κ2) is 6.31. The molecule has 1 aliphatic rings. The lowest BCUT2D eigenvalue weighted by Gasteiger charge is -2.19. The second-order valence-corrected chi connectivity index (χ2v) is 6.28. The molecule has 0 spiro atoms. The van der Waals surface area contributed by atoms with Gasteiger partial charge in [0.25, 0.3) is 5.91 Å². The highest BCUT2D eigenvalue weighted by atomic mass is 35.5. The number of fused-ring (bicyclic) bond motifs is 1. The summed E-state index contributed by atoms with van der Waals surface area (Å²) in [5.41, 5.74) is 0.573. The molecule has 7 heteroatoms. The molecule has 0 bridgehead atoms. The number of carbonyl (C=O) groups is 2. The van der Waals surface area contributed by atoms with E-state index in [0.717, 1.165) is 10.5 Å². The van der Waals surface area contributed by atoms with Crippen LogP contribution in [-0.2, 0) is 4.74 Å². The minimum Gasteiger partial charge on any atom is -0.446 e. The summed E-state index contributed by atoms with van der Waals surface area (Å²) in [6, 6.07) is 13.3. The zero-order valence-electron chi connectivity index (χ0n) is 13.4. The Morgan fingerprint density at radius 3 is 2.65 bits per heavy atom. The van der Waals surface area contributed by atoms with Crippen molar-refractivity contribution < 1.29 is 14.3 Å². The van der Waals surface area contributed by atoms with Crippen molar-refractivity contribution in [3.8, 4) is 0 Å². The summed E-state index contributed by atoms with van der Waals surface area (Å²) in [5, 5.41) is 0.661. The number of para-hydroxylation sites is 1. The smallest absolute Gasteiger partial charge is 0.417 e. The lowest BCUT2D eigenvalue weighted by molar-refractivity contribution is 0.0772. The maximum absolute atomic E-state index is 13.0. The molecule has 0 aliphatic carbocycles. The fourth-order valence-electron chi connectivity index (χ4n) is 3.07. The highest BCUT2D eigenvalue weighted by molar-refractivity contribution is 6.35. The second-order valence-electron chi connectivity index (χ2n) is 5.87. The summed E-state index contributed by atoms with van der Waals surface area (Å²) in [6.45, 7) is 0.0475. The average Bonchev–Trinajstić information content (AvgIpc) is 3.04. The highest BCUT2D eigenvalue weighted by Crippen LogP contribution is 2.29. The topological polar surface area (TPSA) is 79.5 Å². The molecule has 2 amide bonds. The van der Waals surface area contributed by atoms with Gasteiger partial charge in [-0.05, 0) is 17.7 Å². The zero-order chi connectivity index (χ0) is 18.3. The standard InChI is InChI=1S/C19H13ClN2O4/c20-14-8-4-7-12-16(14)21-9-13(17(12)23)18(24)22-15(10-26-19(22)25)11-5-2-1-3-6-11/h1-9,15H,10H2,(H,21,23). The van der Waals surface area contributed by atoms with Gasteiger partial charge in [0, 0.05) is 11.6 Å². The van der Waals surface area contributed by atoms with E-state index < -0.39 is 23.5 Å². The fourth-order valence-corrected chi connectivity index (χ4v) is 3.30. The normalized spacial score (nSPS) is 16.7. The maximum atomic E-state index is 13.0. The molecule has 3 aromatic rings. The van der Waals surface area contributed by atoms with Crippen LogP contribution in [0.5, 0.6) is 0 Å². The van der Waals surface area contributed by atoms with Crippen molar-refractivity contribution in [2.75, 3.05) is 6.61 Å². The van der Waals surface area contributed by atoms with Crippen molar-refractivity contribution in [1.29, 1.82) is 0 Å². The van der Waals surface area contributed by atoms with Gasteiger partial charge >= 0.3 is 6.09 Å². The number of carbonyl (C=O) groups excluding carboxylic acids is 2. The molecule has 1 aromatic heterocycles. The van der Waals surface area contributed by atoms with Crippen LogP contribution in [0, 0.1) is 0 Å². The average molecular weight is 369 g/mol. The first-order valence-corrected chi connectivity index (χ1v) is 8.31. The number of hydrogen-bond acceptors (Lipinski definition) is 4. The molecule has 1 N–H and O–H groups in total. The third-order valence-electron chi connectivity index (χ3n) is 4.37. The number of cyclic esters (lactones) is 1. The van der Waals surface area contributed by atoms with E-state index in [4.69, 9.17) is 16.3 Å². The first kappa shape index (κ1) is 16.4. The molecule has 0 radical (unpaired) electrons. The van der Waals surface area contributed by atoms with Crippen molar-refractivity contribution >= 4 is 34.5 Å². The Kier molecular flexibility index (Phi) is 3.97. The molecule has 26 heavy (non-hydrogen) atoms. The quantitative estimate of drug-likeness (QED) is 0.750. The zero-order valence-corrected chi connectivity index (χ0v) is 14.2. The van der Waals surface area contributed by atoms with E-state index in [1.807, 2.05) is 18.2 Å². The number of nitrogens with zero attached hydrogens (tertiary/aromatic N) is 1. The van der Waals surface area contributed by atoms with Crippen LogP contribution in [0.15, 0.2) is 59.5 Å². The largest absolute Gasteiger partial charge is 0.446 e. The van der Waals surface area contributed by atoms with Crippen LogP contribution in [0.3, 0.4) is 0 Å². The monoisotopic (exact) mass is 368 g/mol. The summed E-state index contributed by atoms with van der Waals surface area (Å²) in [5.74, 6) is -0.704. The molecule has 1 saturated heterocycles. The van der Waals surface area contributed by atoms with E-state index in [2.05, 4.69) is 4.98 Å². The molecule has 0 saturated carbocycles. The molecule has 2 heterocycles. The summed E-state index contributed by atoms with van der Waals surface area (Å²) in [4.78, 5) is 41.7. The summed E-state index contributed by atoms with van der Waals surface area (Å²) < 4.78 is 5.05. The molecule has 1 fully saturated rings. The van der Waals surface area contributed by atoms with Crippen LogP contribution in [-0.4, -0.2) is 28.5 Å². The molecule has 2 aromatic carbocycles. The number of hydrogen-bond donors (Lipinski definition) is 1. The van der Waals surface area contributed by atoms with Gasteiger partial charge in [-0.15, -0.1) is 0 Å². The van der Waals surface area contributed by atoms with Gasteiger partial charge in [0.15, 0.2) is 0 Å². The van der Waals surface area contributed by atoms with Gasteiger partial charge in [0.2, 0.25) is 5.43 Å².